The maximum Gasteiger partial charge on any atom is 0.416 e. The number of carbonyl (C=O) groups is 1. The number of likely N-dealkylation sites (tertiary alicyclic amines) is 1. The van der Waals surface area contributed by atoms with Crippen LogP contribution in [0.15, 0.2) is 42.5 Å². The Morgan fingerprint density at radius 1 is 1.03 bits per heavy atom. The molecule has 1 N–H and O–H groups in total. The normalized spacial score (nSPS) is 20.0. The lowest BCUT2D eigenvalue weighted by Gasteiger charge is -2.40. The van der Waals surface area contributed by atoms with Gasteiger partial charge < -0.3 is 5.11 Å². The molecule has 0 amide bonds. The van der Waals surface area contributed by atoms with Crippen LogP contribution in [0.1, 0.15) is 72.9 Å². The third-order valence-corrected chi connectivity index (χ3v) is 6.38. The lowest BCUT2D eigenvalue weighted by molar-refractivity contribution is -0.142. The molecule has 3 nitrogen and oxygen atoms in total. The zero-order valence-electron chi connectivity index (χ0n) is 18.9. The Hall–Kier alpha value is -2.55. The second-order valence-electron chi connectivity index (χ2n) is 9.16. The first kappa shape index (κ1) is 26.1. The van der Waals surface area contributed by atoms with Gasteiger partial charge in [-0.05, 0) is 66.1 Å². The zero-order valence-corrected chi connectivity index (χ0v) is 18.9. The number of alkyl halides is 6. The van der Waals surface area contributed by atoms with E-state index in [0.29, 0.717) is 31.0 Å². The molecule has 186 valence electrons. The average molecular weight is 487 g/mol. The van der Waals surface area contributed by atoms with Gasteiger partial charge in [-0.25, -0.2) is 0 Å². The molecule has 0 aromatic heterocycles. The van der Waals surface area contributed by atoms with E-state index in [9.17, 15) is 36.2 Å². The molecule has 0 radical (unpaired) electrons. The van der Waals surface area contributed by atoms with Crippen molar-refractivity contribution in [2.75, 3.05) is 6.54 Å². The Morgan fingerprint density at radius 2 is 1.68 bits per heavy atom. The molecule has 2 aromatic rings. The van der Waals surface area contributed by atoms with Crippen molar-refractivity contribution in [1.82, 2.24) is 4.90 Å². The summed E-state index contributed by atoms with van der Waals surface area (Å²) in [5.74, 6) is -0.854. The van der Waals surface area contributed by atoms with Crippen molar-refractivity contribution < 1.29 is 36.2 Å². The van der Waals surface area contributed by atoms with Crippen molar-refractivity contribution >= 4 is 5.97 Å². The fraction of sp³-hybridized carbons (Fsp3) is 0.480. The third-order valence-electron chi connectivity index (χ3n) is 6.38. The molecule has 1 aliphatic heterocycles. The van der Waals surface area contributed by atoms with Gasteiger partial charge in [-0.3, -0.25) is 9.69 Å². The van der Waals surface area contributed by atoms with Gasteiger partial charge in [0.25, 0.3) is 0 Å². The van der Waals surface area contributed by atoms with Gasteiger partial charge in [-0.15, -0.1) is 0 Å². The molecule has 9 heteroatoms. The monoisotopic (exact) mass is 487 g/mol. The van der Waals surface area contributed by atoms with Crippen molar-refractivity contribution in [2.24, 2.45) is 5.92 Å². The van der Waals surface area contributed by atoms with Crippen LogP contribution in [0.4, 0.5) is 26.3 Å². The van der Waals surface area contributed by atoms with Crippen molar-refractivity contribution in [3.05, 3.63) is 70.3 Å². The molecule has 34 heavy (non-hydrogen) atoms. The van der Waals surface area contributed by atoms with E-state index in [1.54, 1.807) is 4.90 Å². The Bertz CT molecular complexity index is 998. The van der Waals surface area contributed by atoms with Crippen LogP contribution in [0, 0.1) is 5.92 Å². The summed E-state index contributed by atoms with van der Waals surface area (Å²) in [7, 11) is 0. The van der Waals surface area contributed by atoms with Crippen LogP contribution in [-0.4, -0.2) is 22.5 Å². The highest BCUT2D eigenvalue weighted by atomic mass is 19.4. The molecule has 2 unspecified atom stereocenters. The third kappa shape index (κ3) is 6.31. The van der Waals surface area contributed by atoms with Gasteiger partial charge in [0.15, 0.2) is 0 Å². The standard InChI is InChI=1S/C25H27F6NO2/c1-15(2)17-3-5-18(6-4-17)22-11-16(12-23(33)34)9-10-32(22)14-19-13-20(24(26,27)28)7-8-21(19)25(29,30)31/h3-8,13,15-16,22H,9-12,14H2,1-2H3,(H,33,34). The van der Waals surface area contributed by atoms with Crippen LogP contribution in [-0.2, 0) is 23.7 Å². The van der Waals surface area contributed by atoms with Crippen LogP contribution < -0.4 is 0 Å². The molecule has 1 aliphatic rings. The summed E-state index contributed by atoms with van der Waals surface area (Å²) in [6, 6.07) is 8.68. The number of piperidine rings is 1. The van der Waals surface area contributed by atoms with Gasteiger partial charge in [0, 0.05) is 19.0 Å². The van der Waals surface area contributed by atoms with Gasteiger partial charge in [0.1, 0.15) is 0 Å². The second-order valence-corrected chi connectivity index (χ2v) is 9.16. The number of nitrogens with zero attached hydrogens (tertiary/aromatic N) is 1. The number of aliphatic carboxylic acids is 1. The first-order chi connectivity index (χ1) is 15.8. The minimum Gasteiger partial charge on any atom is -0.481 e. The smallest absolute Gasteiger partial charge is 0.416 e. The summed E-state index contributed by atoms with van der Waals surface area (Å²) in [5, 5.41) is 9.21. The second kappa shape index (κ2) is 9.98. The molecule has 0 spiro atoms. The first-order valence-corrected chi connectivity index (χ1v) is 11.1. The molecule has 3 rings (SSSR count). The zero-order chi connectivity index (χ0) is 25.3. The molecular formula is C25H27F6NO2. The molecule has 0 saturated carbocycles. The van der Waals surface area contributed by atoms with Gasteiger partial charge in [0.2, 0.25) is 0 Å². The number of rotatable bonds is 6. The summed E-state index contributed by atoms with van der Waals surface area (Å²) in [6.45, 7) is 4.01. The predicted octanol–water partition coefficient (Wildman–Crippen LogP) is 7.28. The van der Waals surface area contributed by atoms with E-state index in [1.807, 2.05) is 38.1 Å². The van der Waals surface area contributed by atoms with Crippen LogP contribution in [0.5, 0.6) is 0 Å². The maximum atomic E-state index is 13.6. The summed E-state index contributed by atoms with van der Waals surface area (Å²) < 4.78 is 80.6. The molecule has 1 saturated heterocycles. The lowest BCUT2D eigenvalue weighted by Crippen LogP contribution is -2.37. The van der Waals surface area contributed by atoms with E-state index < -0.39 is 41.1 Å². The number of carboxylic acids is 1. The molecule has 0 aliphatic carbocycles. The van der Waals surface area contributed by atoms with Crippen molar-refractivity contribution in [1.29, 1.82) is 0 Å². The number of halogens is 6. The van der Waals surface area contributed by atoms with Gasteiger partial charge in [-0.1, -0.05) is 38.1 Å². The minimum absolute atomic E-state index is 0.0637. The van der Waals surface area contributed by atoms with Gasteiger partial charge in [0.05, 0.1) is 11.1 Å². The highest BCUT2D eigenvalue weighted by molar-refractivity contribution is 5.67. The molecule has 2 atom stereocenters. The summed E-state index contributed by atoms with van der Waals surface area (Å²) in [6.07, 6.45) is -8.79. The van der Waals surface area contributed by atoms with Crippen LogP contribution in [0.25, 0.3) is 0 Å². The van der Waals surface area contributed by atoms with E-state index in [-0.39, 0.29) is 31.3 Å². The highest BCUT2D eigenvalue weighted by Gasteiger charge is 2.38. The van der Waals surface area contributed by atoms with E-state index in [0.717, 1.165) is 11.1 Å². The van der Waals surface area contributed by atoms with Gasteiger partial charge >= 0.3 is 18.3 Å². The lowest BCUT2D eigenvalue weighted by atomic mass is 9.84. The Morgan fingerprint density at radius 3 is 2.21 bits per heavy atom. The van der Waals surface area contributed by atoms with Crippen molar-refractivity contribution in [3.63, 3.8) is 0 Å². The fourth-order valence-electron chi connectivity index (χ4n) is 4.55. The average Bonchev–Trinajstić information content (AvgIpc) is 2.73. The Kier molecular flexibility index (Phi) is 7.65. The number of hydrogen-bond acceptors (Lipinski definition) is 2. The Balaban J connectivity index is 1.98. The van der Waals surface area contributed by atoms with E-state index >= 15 is 0 Å². The molecular weight excluding hydrogens is 460 g/mol. The quantitative estimate of drug-likeness (QED) is 0.436. The summed E-state index contributed by atoms with van der Waals surface area (Å²) in [5.41, 5.74) is -0.788. The number of carboxylic acid groups (broad SMARTS) is 1. The summed E-state index contributed by atoms with van der Waals surface area (Å²) in [4.78, 5) is 13.0. The molecule has 1 fully saturated rings. The molecule has 0 bridgehead atoms. The maximum absolute atomic E-state index is 13.6. The Labute approximate surface area is 194 Å². The van der Waals surface area contributed by atoms with Crippen molar-refractivity contribution in [2.45, 2.75) is 64.0 Å². The fourth-order valence-corrected chi connectivity index (χ4v) is 4.55. The van der Waals surface area contributed by atoms with Gasteiger partial charge in [-0.2, -0.15) is 26.3 Å². The van der Waals surface area contributed by atoms with Crippen LogP contribution >= 0.6 is 0 Å². The minimum atomic E-state index is -4.80. The molecule has 2 aromatic carbocycles. The number of hydrogen-bond donors (Lipinski definition) is 1. The van der Waals surface area contributed by atoms with Crippen LogP contribution in [0.2, 0.25) is 0 Å². The van der Waals surface area contributed by atoms with E-state index in [2.05, 4.69) is 0 Å². The van der Waals surface area contributed by atoms with E-state index in [4.69, 9.17) is 0 Å². The van der Waals surface area contributed by atoms with Crippen LogP contribution in [0.3, 0.4) is 0 Å². The van der Waals surface area contributed by atoms with E-state index in [1.165, 1.54) is 0 Å². The molecule has 1 heterocycles. The number of benzene rings is 2. The van der Waals surface area contributed by atoms with Crippen molar-refractivity contribution in [3.8, 4) is 0 Å². The predicted molar refractivity (Wildman–Crippen MR) is 115 cm³/mol. The summed E-state index contributed by atoms with van der Waals surface area (Å²) >= 11 is 0. The highest BCUT2D eigenvalue weighted by Crippen LogP contribution is 2.41. The largest absolute Gasteiger partial charge is 0.481 e. The topological polar surface area (TPSA) is 40.5 Å². The first-order valence-electron chi connectivity index (χ1n) is 11.1. The SMILES string of the molecule is CC(C)c1ccc(C2CC(CC(=O)O)CCN2Cc2cc(C(F)(F)F)ccc2C(F)(F)F)cc1.